The van der Waals surface area contributed by atoms with Crippen LogP contribution in [0.1, 0.15) is 18.5 Å². The molecule has 0 radical (unpaired) electrons. The monoisotopic (exact) mass is 204 g/mol. The highest BCUT2D eigenvalue weighted by Crippen LogP contribution is 2.19. The summed E-state index contributed by atoms with van der Waals surface area (Å²) in [4.78, 5) is 10.1. The Morgan fingerprint density at radius 3 is 2.67 bits per heavy atom. The van der Waals surface area contributed by atoms with Crippen molar-refractivity contribution in [2.45, 2.75) is 18.9 Å². The topological polar surface area (TPSA) is 73.0 Å². The first-order chi connectivity index (χ1) is 7.31. The van der Waals surface area contributed by atoms with E-state index in [0.717, 1.165) is 25.9 Å². The minimum Gasteiger partial charge on any atom is -0.393 e. The normalized spacial score (nSPS) is 17.5. The van der Waals surface area contributed by atoms with Gasteiger partial charge in [-0.3, -0.25) is 0 Å². The van der Waals surface area contributed by atoms with Crippen molar-refractivity contribution in [2.75, 3.05) is 18.0 Å². The van der Waals surface area contributed by atoms with E-state index in [-0.39, 0.29) is 6.10 Å². The summed E-state index contributed by atoms with van der Waals surface area (Å²) in [6.45, 7) is 1.46. The minimum atomic E-state index is -0.219. The van der Waals surface area contributed by atoms with E-state index in [1.807, 2.05) is 11.0 Å². The number of rotatable bonds is 1. The lowest BCUT2D eigenvalue weighted by Gasteiger charge is -2.30. The number of aliphatic hydroxyl groups excluding tert-OH is 1. The van der Waals surface area contributed by atoms with Gasteiger partial charge < -0.3 is 10.0 Å². The van der Waals surface area contributed by atoms with Gasteiger partial charge in [0.15, 0.2) is 11.5 Å². The standard InChI is InChI=1S/C10H12N4O/c11-7-9-10(13-4-3-12-9)14-5-1-8(15)2-6-14/h3-4,8,15H,1-2,5-6H2. The zero-order valence-electron chi connectivity index (χ0n) is 8.30. The molecule has 0 aromatic carbocycles. The molecule has 2 heterocycles. The van der Waals surface area contributed by atoms with Crippen molar-refractivity contribution in [1.29, 1.82) is 5.26 Å². The van der Waals surface area contributed by atoms with E-state index < -0.39 is 0 Å². The highest BCUT2D eigenvalue weighted by Gasteiger charge is 2.20. The summed E-state index contributed by atoms with van der Waals surface area (Å²) < 4.78 is 0. The van der Waals surface area contributed by atoms with Crippen molar-refractivity contribution in [3.05, 3.63) is 18.1 Å². The van der Waals surface area contributed by atoms with Gasteiger partial charge in [-0.15, -0.1) is 0 Å². The van der Waals surface area contributed by atoms with Crippen LogP contribution in [-0.4, -0.2) is 34.3 Å². The second-order valence-electron chi connectivity index (χ2n) is 3.56. The quantitative estimate of drug-likeness (QED) is 0.712. The molecule has 5 heteroatoms. The molecular weight excluding hydrogens is 192 g/mol. The fourth-order valence-corrected chi connectivity index (χ4v) is 1.72. The molecule has 0 aliphatic carbocycles. The van der Waals surface area contributed by atoms with E-state index in [0.29, 0.717) is 11.5 Å². The molecule has 1 aromatic heterocycles. The first kappa shape index (κ1) is 9.87. The molecule has 1 aromatic rings. The molecular formula is C10H12N4O. The van der Waals surface area contributed by atoms with Crippen LogP contribution in [0.3, 0.4) is 0 Å². The molecule has 0 amide bonds. The van der Waals surface area contributed by atoms with Gasteiger partial charge in [0, 0.05) is 25.5 Å². The number of hydrogen-bond acceptors (Lipinski definition) is 5. The Morgan fingerprint density at radius 1 is 1.33 bits per heavy atom. The summed E-state index contributed by atoms with van der Waals surface area (Å²) in [5.74, 6) is 0.631. The third-order valence-electron chi connectivity index (χ3n) is 2.55. The second-order valence-corrected chi connectivity index (χ2v) is 3.56. The van der Waals surface area contributed by atoms with Crippen LogP contribution in [0, 0.1) is 11.3 Å². The molecule has 78 valence electrons. The lowest BCUT2D eigenvalue weighted by Crippen LogP contribution is -2.36. The number of nitrogens with zero attached hydrogens (tertiary/aromatic N) is 4. The molecule has 1 fully saturated rings. The summed E-state index contributed by atoms with van der Waals surface area (Å²) in [5.41, 5.74) is 0.355. The number of hydrogen-bond donors (Lipinski definition) is 1. The van der Waals surface area contributed by atoms with Gasteiger partial charge in [-0.1, -0.05) is 0 Å². The number of anilines is 1. The Kier molecular flexibility index (Phi) is 2.79. The van der Waals surface area contributed by atoms with Crippen LogP contribution in [0.2, 0.25) is 0 Å². The van der Waals surface area contributed by atoms with Crippen LogP contribution < -0.4 is 4.90 Å². The van der Waals surface area contributed by atoms with Crippen molar-refractivity contribution in [2.24, 2.45) is 0 Å². The summed E-state index contributed by atoms with van der Waals surface area (Å²) in [5, 5.41) is 18.2. The maximum atomic E-state index is 9.37. The first-order valence-electron chi connectivity index (χ1n) is 4.95. The highest BCUT2D eigenvalue weighted by molar-refractivity contribution is 5.49. The Hall–Kier alpha value is -1.67. The zero-order valence-corrected chi connectivity index (χ0v) is 8.30. The van der Waals surface area contributed by atoms with E-state index in [1.165, 1.54) is 6.20 Å². The minimum absolute atomic E-state index is 0.219. The van der Waals surface area contributed by atoms with E-state index in [4.69, 9.17) is 5.26 Å². The van der Waals surface area contributed by atoms with Crippen molar-refractivity contribution in [3.63, 3.8) is 0 Å². The predicted molar refractivity (Wildman–Crippen MR) is 54.2 cm³/mol. The number of aromatic nitrogens is 2. The van der Waals surface area contributed by atoms with Crippen LogP contribution in [-0.2, 0) is 0 Å². The van der Waals surface area contributed by atoms with Gasteiger partial charge in [0.1, 0.15) is 6.07 Å². The summed E-state index contributed by atoms with van der Waals surface area (Å²) in [6, 6.07) is 2.03. The molecule has 1 aliphatic rings. The lowest BCUT2D eigenvalue weighted by molar-refractivity contribution is 0.145. The number of piperidine rings is 1. The van der Waals surface area contributed by atoms with Gasteiger partial charge in [-0.2, -0.15) is 5.26 Å². The van der Waals surface area contributed by atoms with Crippen LogP contribution in [0.15, 0.2) is 12.4 Å². The molecule has 0 saturated carbocycles. The summed E-state index contributed by atoms with van der Waals surface area (Å²) >= 11 is 0. The SMILES string of the molecule is N#Cc1nccnc1N1CCC(O)CC1. The van der Waals surface area contributed by atoms with Crippen LogP contribution in [0.5, 0.6) is 0 Å². The fourth-order valence-electron chi connectivity index (χ4n) is 1.72. The van der Waals surface area contributed by atoms with E-state index in [2.05, 4.69) is 9.97 Å². The zero-order chi connectivity index (χ0) is 10.7. The maximum absolute atomic E-state index is 9.37. The largest absolute Gasteiger partial charge is 0.393 e. The molecule has 2 rings (SSSR count). The fraction of sp³-hybridized carbons (Fsp3) is 0.500. The van der Waals surface area contributed by atoms with Gasteiger partial charge in [-0.05, 0) is 12.8 Å². The average Bonchev–Trinajstić information content (AvgIpc) is 2.30. The smallest absolute Gasteiger partial charge is 0.183 e. The molecule has 1 saturated heterocycles. The van der Waals surface area contributed by atoms with Crippen molar-refractivity contribution in [1.82, 2.24) is 9.97 Å². The Balaban J connectivity index is 2.19. The highest BCUT2D eigenvalue weighted by atomic mass is 16.3. The first-order valence-corrected chi connectivity index (χ1v) is 4.95. The molecule has 0 atom stereocenters. The van der Waals surface area contributed by atoms with Gasteiger partial charge in [0.2, 0.25) is 0 Å². The molecule has 15 heavy (non-hydrogen) atoms. The van der Waals surface area contributed by atoms with Gasteiger partial charge >= 0.3 is 0 Å². The Bertz CT molecular complexity index is 379. The third kappa shape index (κ3) is 2.05. The predicted octanol–water partition coefficient (Wildman–Crippen LogP) is 0.309. The summed E-state index contributed by atoms with van der Waals surface area (Å²) in [6.07, 6.45) is 4.33. The molecule has 0 unspecified atom stereocenters. The van der Waals surface area contributed by atoms with E-state index in [9.17, 15) is 5.11 Å². The van der Waals surface area contributed by atoms with E-state index >= 15 is 0 Å². The number of nitriles is 1. The molecule has 5 nitrogen and oxygen atoms in total. The number of aliphatic hydroxyl groups is 1. The molecule has 1 N–H and O–H groups in total. The van der Waals surface area contributed by atoms with Gasteiger partial charge in [-0.25, -0.2) is 9.97 Å². The Morgan fingerprint density at radius 2 is 2.00 bits per heavy atom. The van der Waals surface area contributed by atoms with Crippen molar-refractivity contribution < 1.29 is 5.11 Å². The maximum Gasteiger partial charge on any atom is 0.183 e. The summed E-state index contributed by atoms with van der Waals surface area (Å²) in [7, 11) is 0. The second kappa shape index (κ2) is 4.24. The molecule has 0 bridgehead atoms. The van der Waals surface area contributed by atoms with Crippen LogP contribution >= 0.6 is 0 Å². The average molecular weight is 204 g/mol. The third-order valence-corrected chi connectivity index (χ3v) is 2.55. The van der Waals surface area contributed by atoms with Crippen molar-refractivity contribution >= 4 is 5.82 Å². The molecule has 1 aliphatic heterocycles. The Labute approximate surface area is 88.0 Å². The van der Waals surface area contributed by atoms with Crippen molar-refractivity contribution in [3.8, 4) is 6.07 Å². The van der Waals surface area contributed by atoms with Crippen LogP contribution in [0.4, 0.5) is 5.82 Å². The van der Waals surface area contributed by atoms with Crippen LogP contribution in [0.25, 0.3) is 0 Å². The van der Waals surface area contributed by atoms with Gasteiger partial charge in [0.25, 0.3) is 0 Å². The van der Waals surface area contributed by atoms with E-state index in [1.54, 1.807) is 6.20 Å². The lowest BCUT2D eigenvalue weighted by atomic mass is 10.1. The van der Waals surface area contributed by atoms with Gasteiger partial charge in [0.05, 0.1) is 6.10 Å². The molecule has 0 spiro atoms.